The maximum absolute atomic E-state index is 5.44. The smallest absolute Gasteiger partial charge is 0.142 e. The Kier molecular flexibility index (Phi) is 2.78. The summed E-state index contributed by atoms with van der Waals surface area (Å²) in [6.07, 6.45) is 2.20. The lowest BCUT2D eigenvalue weighted by molar-refractivity contribution is 0.267. The molecule has 2 aromatic rings. The summed E-state index contributed by atoms with van der Waals surface area (Å²) in [7, 11) is 3.94. The van der Waals surface area contributed by atoms with Gasteiger partial charge in [0.15, 0.2) is 0 Å². The Bertz CT molecular complexity index is 573. The summed E-state index contributed by atoms with van der Waals surface area (Å²) in [4.78, 5) is 6.01. The Morgan fingerprint density at radius 1 is 1.39 bits per heavy atom. The molecule has 3 heteroatoms. The van der Waals surface area contributed by atoms with E-state index >= 15 is 0 Å². The molecule has 2 heterocycles. The minimum absolute atomic E-state index is 0.588. The van der Waals surface area contributed by atoms with Crippen molar-refractivity contribution >= 4 is 10.9 Å². The molecule has 1 aliphatic heterocycles. The molecule has 1 atom stereocenters. The number of hydrogen-bond donors (Lipinski definition) is 1. The van der Waals surface area contributed by atoms with Crippen LogP contribution in [0.5, 0.6) is 5.75 Å². The molecule has 0 aliphatic carbocycles. The highest BCUT2D eigenvalue weighted by Gasteiger charge is 2.21. The third-order valence-corrected chi connectivity index (χ3v) is 4.18. The van der Waals surface area contributed by atoms with Crippen molar-refractivity contribution in [1.82, 2.24) is 9.88 Å². The maximum atomic E-state index is 5.44. The monoisotopic (exact) mass is 244 g/mol. The van der Waals surface area contributed by atoms with Crippen LogP contribution in [0.25, 0.3) is 10.9 Å². The first-order chi connectivity index (χ1) is 8.70. The number of benzene rings is 1. The minimum Gasteiger partial charge on any atom is -0.495 e. The van der Waals surface area contributed by atoms with Crippen LogP contribution in [0.15, 0.2) is 18.2 Å². The topological polar surface area (TPSA) is 28.3 Å². The van der Waals surface area contributed by atoms with Crippen LogP contribution in [0.4, 0.5) is 0 Å². The zero-order valence-corrected chi connectivity index (χ0v) is 11.3. The highest BCUT2D eigenvalue weighted by Crippen LogP contribution is 2.32. The van der Waals surface area contributed by atoms with Crippen LogP contribution in [0, 0.1) is 0 Å². The van der Waals surface area contributed by atoms with Gasteiger partial charge < -0.3 is 14.6 Å². The van der Waals surface area contributed by atoms with E-state index in [-0.39, 0.29) is 0 Å². The second-order valence-electron chi connectivity index (χ2n) is 5.25. The lowest BCUT2D eigenvalue weighted by Crippen LogP contribution is -2.30. The summed E-state index contributed by atoms with van der Waals surface area (Å²) in [6.45, 7) is 3.41. The van der Waals surface area contributed by atoms with Gasteiger partial charge in [-0.1, -0.05) is 12.1 Å². The molecule has 3 rings (SSSR count). The SMILES string of the molecule is COc1cccc2c3c([nH]c12)CC(C)N(C)CC3. The van der Waals surface area contributed by atoms with E-state index in [1.807, 2.05) is 6.07 Å². The molecular formula is C15H20N2O. The third kappa shape index (κ3) is 1.70. The van der Waals surface area contributed by atoms with E-state index < -0.39 is 0 Å². The molecule has 0 fully saturated rings. The lowest BCUT2D eigenvalue weighted by Gasteiger charge is -2.21. The number of aromatic nitrogens is 1. The van der Waals surface area contributed by atoms with E-state index in [0.29, 0.717) is 6.04 Å². The second-order valence-corrected chi connectivity index (χ2v) is 5.25. The summed E-state index contributed by atoms with van der Waals surface area (Å²) >= 11 is 0. The fourth-order valence-corrected chi connectivity index (χ4v) is 2.89. The molecule has 0 amide bonds. The number of hydrogen-bond acceptors (Lipinski definition) is 2. The van der Waals surface area contributed by atoms with Crippen LogP contribution >= 0.6 is 0 Å². The first kappa shape index (κ1) is 11.6. The van der Waals surface area contributed by atoms with E-state index in [1.165, 1.54) is 16.6 Å². The molecule has 0 saturated heterocycles. The van der Waals surface area contributed by atoms with E-state index in [4.69, 9.17) is 4.74 Å². The van der Waals surface area contributed by atoms with E-state index in [2.05, 4.69) is 36.0 Å². The van der Waals surface area contributed by atoms with Crippen molar-refractivity contribution in [3.8, 4) is 5.75 Å². The van der Waals surface area contributed by atoms with Gasteiger partial charge in [-0.25, -0.2) is 0 Å². The van der Waals surface area contributed by atoms with Crippen LogP contribution in [0.3, 0.4) is 0 Å². The first-order valence-corrected chi connectivity index (χ1v) is 6.57. The van der Waals surface area contributed by atoms with Gasteiger partial charge in [0.1, 0.15) is 5.75 Å². The van der Waals surface area contributed by atoms with Crippen LogP contribution in [0.2, 0.25) is 0 Å². The standard InChI is InChI=1S/C15H20N2O/c1-10-9-13-11(7-8-17(10)2)12-5-4-6-14(18-3)15(12)16-13/h4-6,10,16H,7-9H2,1-3H3. The fourth-order valence-electron chi connectivity index (χ4n) is 2.89. The van der Waals surface area contributed by atoms with E-state index in [1.54, 1.807) is 7.11 Å². The Hall–Kier alpha value is -1.48. The fraction of sp³-hybridized carbons (Fsp3) is 0.467. The average Bonchev–Trinajstić information content (AvgIpc) is 2.66. The molecule has 96 valence electrons. The van der Waals surface area contributed by atoms with Crippen molar-refractivity contribution < 1.29 is 4.74 Å². The van der Waals surface area contributed by atoms with Crippen molar-refractivity contribution in [2.45, 2.75) is 25.8 Å². The quantitative estimate of drug-likeness (QED) is 0.835. The van der Waals surface area contributed by atoms with Gasteiger partial charge in [-0.3, -0.25) is 0 Å². The van der Waals surface area contributed by atoms with Gasteiger partial charge in [-0.05, 0) is 32.0 Å². The molecular weight excluding hydrogens is 224 g/mol. The van der Waals surface area contributed by atoms with Gasteiger partial charge in [0.25, 0.3) is 0 Å². The number of nitrogens with one attached hydrogen (secondary N) is 1. The van der Waals surface area contributed by atoms with Gasteiger partial charge in [0, 0.05) is 30.1 Å². The molecule has 0 bridgehead atoms. The number of likely N-dealkylation sites (N-methyl/N-ethyl adjacent to an activating group) is 1. The number of H-pyrrole nitrogens is 1. The molecule has 18 heavy (non-hydrogen) atoms. The number of methoxy groups -OCH3 is 1. The molecule has 1 aromatic heterocycles. The molecule has 0 spiro atoms. The largest absolute Gasteiger partial charge is 0.495 e. The molecule has 3 nitrogen and oxygen atoms in total. The lowest BCUT2D eigenvalue weighted by atomic mass is 10.1. The zero-order chi connectivity index (χ0) is 12.7. The third-order valence-electron chi connectivity index (χ3n) is 4.18. The van der Waals surface area contributed by atoms with Crippen LogP contribution in [-0.2, 0) is 12.8 Å². The van der Waals surface area contributed by atoms with Crippen LogP contribution < -0.4 is 4.74 Å². The van der Waals surface area contributed by atoms with E-state index in [9.17, 15) is 0 Å². The van der Waals surface area contributed by atoms with Crippen molar-refractivity contribution in [3.05, 3.63) is 29.5 Å². The molecule has 0 radical (unpaired) electrons. The second kappa shape index (κ2) is 4.32. The zero-order valence-electron chi connectivity index (χ0n) is 11.3. The predicted octanol–water partition coefficient (Wildman–Crippen LogP) is 2.60. The minimum atomic E-state index is 0.588. The van der Waals surface area contributed by atoms with Gasteiger partial charge in [-0.2, -0.15) is 0 Å². The average molecular weight is 244 g/mol. The van der Waals surface area contributed by atoms with Crippen LogP contribution in [0.1, 0.15) is 18.2 Å². The molecule has 1 aliphatic rings. The number of fused-ring (bicyclic) bond motifs is 3. The highest BCUT2D eigenvalue weighted by atomic mass is 16.5. The van der Waals surface area contributed by atoms with Crippen molar-refractivity contribution in [1.29, 1.82) is 0 Å². The first-order valence-electron chi connectivity index (χ1n) is 6.57. The van der Waals surface area contributed by atoms with Gasteiger partial charge >= 0.3 is 0 Å². The highest BCUT2D eigenvalue weighted by molar-refractivity contribution is 5.89. The summed E-state index contributed by atoms with van der Waals surface area (Å²) in [6, 6.07) is 6.88. The van der Waals surface area contributed by atoms with Crippen molar-refractivity contribution in [3.63, 3.8) is 0 Å². The summed E-state index contributed by atoms with van der Waals surface area (Å²) in [5.74, 6) is 0.946. The van der Waals surface area contributed by atoms with E-state index in [0.717, 1.165) is 30.7 Å². The summed E-state index contributed by atoms with van der Waals surface area (Å²) in [5.41, 5.74) is 4.01. The summed E-state index contributed by atoms with van der Waals surface area (Å²) in [5, 5.41) is 1.33. The molecule has 1 unspecified atom stereocenters. The maximum Gasteiger partial charge on any atom is 0.142 e. The Labute approximate surface area is 108 Å². The number of nitrogens with zero attached hydrogens (tertiary/aromatic N) is 1. The Morgan fingerprint density at radius 3 is 3.00 bits per heavy atom. The molecule has 1 aromatic carbocycles. The number of ether oxygens (including phenoxy) is 1. The molecule has 1 N–H and O–H groups in total. The summed E-state index contributed by atoms with van der Waals surface area (Å²) < 4.78 is 5.44. The normalized spacial score (nSPS) is 20.7. The Balaban J connectivity index is 2.16. The van der Waals surface area contributed by atoms with Crippen LogP contribution in [-0.4, -0.2) is 36.6 Å². The Morgan fingerprint density at radius 2 is 2.22 bits per heavy atom. The number of para-hydroxylation sites is 1. The molecule has 0 saturated carbocycles. The van der Waals surface area contributed by atoms with Crippen molar-refractivity contribution in [2.75, 3.05) is 20.7 Å². The number of aromatic amines is 1. The number of rotatable bonds is 1. The predicted molar refractivity (Wildman–Crippen MR) is 74.4 cm³/mol. The van der Waals surface area contributed by atoms with Gasteiger partial charge in [0.05, 0.1) is 12.6 Å². The van der Waals surface area contributed by atoms with Crippen molar-refractivity contribution in [2.24, 2.45) is 0 Å². The van der Waals surface area contributed by atoms with Gasteiger partial charge in [-0.15, -0.1) is 0 Å². The van der Waals surface area contributed by atoms with Gasteiger partial charge in [0.2, 0.25) is 0 Å².